The summed E-state index contributed by atoms with van der Waals surface area (Å²) < 4.78 is 11.0. The Bertz CT molecular complexity index is 495. The van der Waals surface area contributed by atoms with Crippen LogP contribution < -0.4 is 0 Å². The molecular formula is C18H34N2O4. The van der Waals surface area contributed by atoms with Crippen LogP contribution in [0.3, 0.4) is 0 Å². The molecule has 0 aromatic heterocycles. The number of carbonyl (C=O) groups is 1. The second kappa shape index (κ2) is 6.54. The Morgan fingerprint density at radius 1 is 1.12 bits per heavy atom. The lowest BCUT2D eigenvalue weighted by Crippen LogP contribution is -2.57. The maximum Gasteiger partial charge on any atom is 0.412 e. The monoisotopic (exact) mass is 342 g/mol. The molecule has 1 heterocycles. The average molecular weight is 342 g/mol. The number of carbonyl (C=O) groups excluding carboxylic acids is 1. The fourth-order valence-corrected chi connectivity index (χ4v) is 2.60. The second-order valence-corrected chi connectivity index (χ2v) is 9.55. The van der Waals surface area contributed by atoms with Crippen molar-refractivity contribution < 1.29 is 19.4 Å². The van der Waals surface area contributed by atoms with Crippen LogP contribution in [-0.2, 0) is 9.47 Å². The average Bonchev–Trinajstić information content (AvgIpc) is 2.73. The molecule has 0 saturated heterocycles. The predicted octanol–water partition coefficient (Wildman–Crippen LogP) is 3.43. The number of hydrogen-bond acceptors (Lipinski definition) is 5. The van der Waals surface area contributed by atoms with Crippen LogP contribution in [-0.4, -0.2) is 53.0 Å². The molecule has 0 aromatic carbocycles. The summed E-state index contributed by atoms with van der Waals surface area (Å²) in [5, 5.41) is 10.9. The van der Waals surface area contributed by atoms with Crippen molar-refractivity contribution >= 4 is 12.0 Å². The number of aliphatic imine (C=N–C) groups is 1. The number of methoxy groups -OCH3 is 1. The van der Waals surface area contributed by atoms with Gasteiger partial charge in [0.05, 0.1) is 13.2 Å². The number of nitrogens with zero attached hydrogens (tertiary/aromatic N) is 2. The number of amides is 1. The zero-order valence-electron chi connectivity index (χ0n) is 16.8. The molecule has 3 atom stereocenters. The van der Waals surface area contributed by atoms with Crippen LogP contribution >= 0.6 is 0 Å². The molecule has 1 N–H and O–H groups in total. The van der Waals surface area contributed by atoms with Crippen LogP contribution in [0.5, 0.6) is 0 Å². The Morgan fingerprint density at radius 2 is 1.62 bits per heavy atom. The Labute approximate surface area is 146 Å². The van der Waals surface area contributed by atoms with E-state index < -0.39 is 35.4 Å². The maximum absolute atomic E-state index is 12.9. The van der Waals surface area contributed by atoms with E-state index in [2.05, 4.69) is 4.99 Å². The molecule has 0 aliphatic carbocycles. The van der Waals surface area contributed by atoms with E-state index >= 15 is 0 Å². The highest BCUT2D eigenvalue weighted by Gasteiger charge is 2.52. The Kier molecular flexibility index (Phi) is 5.65. The first kappa shape index (κ1) is 20.7. The van der Waals surface area contributed by atoms with Gasteiger partial charge >= 0.3 is 6.09 Å². The van der Waals surface area contributed by atoms with Crippen molar-refractivity contribution in [1.82, 2.24) is 4.90 Å². The minimum atomic E-state index is -0.837. The summed E-state index contributed by atoms with van der Waals surface area (Å²) in [5.41, 5.74) is -1.41. The topological polar surface area (TPSA) is 71.4 Å². The number of aliphatic hydroxyl groups excluding tert-OH is 1. The lowest BCUT2D eigenvalue weighted by Gasteiger charge is -2.40. The highest BCUT2D eigenvalue weighted by atomic mass is 16.6. The standard InChI is InChI=1S/C18H34N2O4/c1-16(2,3)12(21)11-13(23-10)19-14(17(4,5)6)20(11)15(22)24-18(7,8)9/h11-12,14,21H,1-10H3/t11-,12+,14-/m1/s1. The summed E-state index contributed by atoms with van der Waals surface area (Å²) in [7, 11) is 1.51. The van der Waals surface area contributed by atoms with Gasteiger partial charge in [-0.25, -0.2) is 9.79 Å². The van der Waals surface area contributed by atoms with Crippen LogP contribution in [0.4, 0.5) is 4.79 Å². The molecule has 0 saturated carbocycles. The van der Waals surface area contributed by atoms with Gasteiger partial charge < -0.3 is 14.6 Å². The van der Waals surface area contributed by atoms with Crippen molar-refractivity contribution in [2.24, 2.45) is 15.8 Å². The third-order valence-electron chi connectivity index (χ3n) is 3.84. The van der Waals surface area contributed by atoms with Crippen molar-refractivity contribution in [2.75, 3.05) is 7.11 Å². The lowest BCUT2D eigenvalue weighted by molar-refractivity contribution is -0.0373. The summed E-state index contributed by atoms with van der Waals surface area (Å²) in [4.78, 5) is 19.0. The highest BCUT2D eigenvalue weighted by molar-refractivity contribution is 5.89. The minimum absolute atomic E-state index is 0.326. The molecule has 6 nitrogen and oxygen atoms in total. The third-order valence-corrected chi connectivity index (χ3v) is 3.84. The largest absolute Gasteiger partial charge is 0.483 e. The van der Waals surface area contributed by atoms with E-state index in [-0.39, 0.29) is 5.41 Å². The summed E-state index contributed by atoms with van der Waals surface area (Å²) >= 11 is 0. The predicted molar refractivity (Wildman–Crippen MR) is 95.0 cm³/mol. The van der Waals surface area contributed by atoms with Gasteiger partial charge in [-0.15, -0.1) is 0 Å². The quantitative estimate of drug-likeness (QED) is 0.792. The molecule has 1 aliphatic heterocycles. The zero-order chi connectivity index (χ0) is 19.1. The van der Waals surface area contributed by atoms with E-state index in [9.17, 15) is 9.90 Å². The van der Waals surface area contributed by atoms with E-state index in [1.54, 1.807) is 0 Å². The van der Waals surface area contributed by atoms with E-state index in [0.29, 0.717) is 5.90 Å². The first-order chi connectivity index (χ1) is 10.6. The molecule has 0 fully saturated rings. The van der Waals surface area contributed by atoms with E-state index in [1.807, 2.05) is 62.3 Å². The fraction of sp³-hybridized carbons (Fsp3) is 0.889. The Morgan fingerprint density at radius 3 is 1.96 bits per heavy atom. The first-order valence-electron chi connectivity index (χ1n) is 8.40. The van der Waals surface area contributed by atoms with Gasteiger partial charge in [0.1, 0.15) is 17.8 Å². The molecule has 0 spiro atoms. The molecule has 0 radical (unpaired) electrons. The van der Waals surface area contributed by atoms with Crippen molar-refractivity contribution in [2.45, 2.75) is 86.2 Å². The Balaban J connectivity index is 3.34. The molecule has 0 unspecified atom stereocenters. The normalized spacial score (nSPS) is 23.8. The highest BCUT2D eigenvalue weighted by Crippen LogP contribution is 2.37. The molecule has 1 rings (SSSR count). The zero-order valence-corrected chi connectivity index (χ0v) is 16.8. The van der Waals surface area contributed by atoms with Crippen molar-refractivity contribution in [3.8, 4) is 0 Å². The van der Waals surface area contributed by atoms with Gasteiger partial charge in [-0.1, -0.05) is 41.5 Å². The number of aliphatic hydroxyl groups is 1. The SMILES string of the molecule is COC1=N[C@@H](C(C)(C)C)N(C(=O)OC(C)(C)C)[C@@H]1[C@H](O)C(C)(C)C. The van der Waals surface area contributed by atoms with Gasteiger partial charge in [0.15, 0.2) is 0 Å². The third kappa shape index (κ3) is 4.62. The first-order valence-corrected chi connectivity index (χ1v) is 8.40. The summed E-state index contributed by atoms with van der Waals surface area (Å²) in [5.74, 6) is 0.364. The van der Waals surface area contributed by atoms with Gasteiger partial charge in [-0.2, -0.15) is 0 Å². The summed E-state index contributed by atoms with van der Waals surface area (Å²) in [6.45, 7) is 17.2. The van der Waals surface area contributed by atoms with Crippen LogP contribution in [0.25, 0.3) is 0 Å². The van der Waals surface area contributed by atoms with Crippen molar-refractivity contribution in [1.29, 1.82) is 0 Å². The van der Waals surface area contributed by atoms with E-state index in [0.717, 1.165) is 0 Å². The van der Waals surface area contributed by atoms with Gasteiger partial charge in [-0.05, 0) is 26.2 Å². The van der Waals surface area contributed by atoms with Crippen LogP contribution in [0.15, 0.2) is 4.99 Å². The number of hydrogen-bond donors (Lipinski definition) is 1. The molecule has 0 bridgehead atoms. The number of rotatable bonds is 1. The summed E-state index contributed by atoms with van der Waals surface area (Å²) in [6, 6.07) is -0.672. The van der Waals surface area contributed by atoms with Gasteiger partial charge in [-0.3, -0.25) is 4.90 Å². The van der Waals surface area contributed by atoms with Crippen molar-refractivity contribution in [3.63, 3.8) is 0 Å². The fourth-order valence-electron chi connectivity index (χ4n) is 2.60. The second-order valence-electron chi connectivity index (χ2n) is 9.55. The minimum Gasteiger partial charge on any atom is -0.483 e. The molecule has 140 valence electrons. The van der Waals surface area contributed by atoms with Gasteiger partial charge in [0.2, 0.25) is 5.90 Å². The van der Waals surface area contributed by atoms with Crippen LogP contribution in [0.2, 0.25) is 0 Å². The van der Waals surface area contributed by atoms with Gasteiger partial charge in [0, 0.05) is 5.41 Å². The molecular weight excluding hydrogens is 308 g/mol. The van der Waals surface area contributed by atoms with E-state index in [4.69, 9.17) is 9.47 Å². The lowest BCUT2D eigenvalue weighted by atomic mass is 9.83. The molecule has 24 heavy (non-hydrogen) atoms. The smallest absolute Gasteiger partial charge is 0.412 e. The molecule has 1 aliphatic rings. The number of ether oxygens (including phenoxy) is 2. The summed E-state index contributed by atoms with van der Waals surface area (Å²) in [6.07, 6.45) is -1.80. The van der Waals surface area contributed by atoms with E-state index in [1.165, 1.54) is 12.0 Å². The van der Waals surface area contributed by atoms with Crippen LogP contribution in [0.1, 0.15) is 62.3 Å². The Hall–Kier alpha value is -1.30. The van der Waals surface area contributed by atoms with Gasteiger partial charge in [0.25, 0.3) is 0 Å². The molecule has 1 amide bonds. The molecule has 0 aromatic rings. The van der Waals surface area contributed by atoms with Crippen molar-refractivity contribution in [3.05, 3.63) is 0 Å². The van der Waals surface area contributed by atoms with Crippen LogP contribution in [0, 0.1) is 10.8 Å². The maximum atomic E-state index is 12.9. The molecule has 6 heteroatoms.